The first-order valence-corrected chi connectivity index (χ1v) is 12.3. The van der Waals surface area contributed by atoms with Gasteiger partial charge in [-0.25, -0.2) is 0 Å². The molecule has 1 aliphatic carbocycles. The highest BCUT2D eigenvalue weighted by Gasteiger charge is 2.34. The topological polar surface area (TPSA) is 67.4 Å². The smallest absolute Gasteiger partial charge is 0.191 e. The lowest BCUT2D eigenvalue weighted by atomic mass is 9.73. The Morgan fingerprint density at radius 1 is 1.03 bits per heavy atom. The molecule has 174 valence electrons. The molecule has 0 amide bonds. The second kappa shape index (κ2) is 13.5. The Labute approximate surface area is 183 Å². The van der Waals surface area contributed by atoms with Crippen LogP contribution in [0, 0.1) is 5.41 Å². The van der Waals surface area contributed by atoms with E-state index in [1.165, 1.54) is 32.1 Å². The van der Waals surface area contributed by atoms with Gasteiger partial charge in [0.1, 0.15) is 0 Å². The molecule has 7 heteroatoms. The molecule has 2 aliphatic heterocycles. The Balaban J connectivity index is 1.44. The molecular formula is C23H44N4O3. The van der Waals surface area contributed by atoms with E-state index in [2.05, 4.69) is 22.5 Å². The minimum Gasteiger partial charge on any atom is -0.381 e. The van der Waals surface area contributed by atoms with Gasteiger partial charge in [0.25, 0.3) is 0 Å². The number of nitrogens with zero attached hydrogens (tertiary/aromatic N) is 2. The standard InChI is InChI=1S/C23H44N4O3/c1-2-24-22(25-11-6-14-30-21-7-15-28-16-8-21)26-19-23(9-4-3-5-10-23)20-27-12-17-29-18-13-27/h21H,2-20H2,1H3,(H2,24,25,26). The molecule has 2 heterocycles. The average molecular weight is 425 g/mol. The van der Waals surface area contributed by atoms with E-state index in [9.17, 15) is 0 Å². The fraction of sp³-hybridized carbons (Fsp3) is 0.957. The Kier molecular flexibility index (Phi) is 10.7. The number of hydrogen-bond acceptors (Lipinski definition) is 5. The van der Waals surface area contributed by atoms with Crippen molar-refractivity contribution in [2.24, 2.45) is 10.4 Å². The zero-order chi connectivity index (χ0) is 20.9. The summed E-state index contributed by atoms with van der Waals surface area (Å²) in [6, 6.07) is 0. The van der Waals surface area contributed by atoms with Crippen molar-refractivity contribution in [3.63, 3.8) is 0 Å². The van der Waals surface area contributed by atoms with Gasteiger partial charge in [-0.2, -0.15) is 0 Å². The highest BCUT2D eigenvalue weighted by atomic mass is 16.5. The Hall–Kier alpha value is -0.890. The summed E-state index contributed by atoms with van der Waals surface area (Å²) in [4.78, 5) is 7.64. The predicted octanol–water partition coefficient (Wildman–Crippen LogP) is 2.41. The third-order valence-corrected chi connectivity index (χ3v) is 6.63. The Bertz CT molecular complexity index is 485. The molecule has 1 saturated carbocycles. The predicted molar refractivity (Wildman–Crippen MR) is 121 cm³/mol. The molecule has 2 N–H and O–H groups in total. The molecule has 0 spiro atoms. The SMILES string of the molecule is CCNC(=NCC1(CN2CCOCC2)CCCCC1)NCCCOC1CCOCC1. The van der Waals surface area contributed by atoms with Crippen LogP contribution in [0.2, 0.25) is 0 Å². The molecule has 0 radical (unpaired) electrons. The summed E-state index contributed by atoms with van der Waals surface area (Å²) < 4.78 is 16.9. The minimum atomic E-state index is 0.324. The zero-order valence-electron chi connectivity index (χ0n) is 19.1. The number of ether oxygens (including phenoxy) is 3. The van der Waals surface area contributed by atoms with Gasteiger partial charge in [0.05, 0.1) is 19.3 Å². The molecule has 7 nitrogen and oxygen atoms in total. The maximum absolute atomic E-state index is 5.98. The summed E-state index contributed by atoms with van der Waals surface area (Å²) in [6.45, 7) is 12.4. The van der Waals surface area contributed by atoms with Crippen LogP contribution >= 0.6 is 0 Å². The number of aliphatic imine (C=N–C) groups is 1. The van der Waals surface area contributed by atoms with Gasteiger partial charge in [-0.05, 0) is 39.0 Å². The summed E-state index contributed by atoms with van der Waals surface area (Å²) in [5, 5.41) is 6.95. The van der Waals surface area contributed by atoms with Crippen LogP contribution in [0.15, 0.2) is 4.99 Å². The fourth-order valence-electron chi connectivity index (χ4n) is 4.86. The van der Waals surface area contributed by atoms with E-state index in [0.717, 1.165) is 97.5 Å². The van der Waals surface area contributed by atoms with Crippen LogP contribution in [-0.2, 0) is 14.2 Å². The maximum Gasteiger partial charge on any atom is 0.191 e. The molecule has 2 saturated heterocycles. The molecular weight excluding hydrogens is 380 g/mol. The maximum atomic E-state index is 5.98. The quantitative estimate of drug-likeness (QED) is 0.319. The third kappa shape index (κ3) is 8.33. The number of morpholine rings is 1. The monoisotopic (exact) mass is 424 g/mol. The van der Waals surface area contributed by atoms with E-state index >= 15 is 0 Å². The van der Waals surface area contributed by atoms with Gasteiger partial charge in [0.15, 0.2) is 5.96 Å². The number of guanidine groups is 1. The van der Waals surface area contributed by atoms with Crippen LogP contribution in [0.1, 0.15) is 58.3 Å². The van der Waals surface area contributed by atoms with E-state index < -0.39 is 0 Å². The highest BCUT2D eigenvalue weighted by molar-refractivity contribution is 5.79. The van der Waals surface area contributed by atoms with Gasteiger partial charge in [-0.3, -0.25) is 9.89 Å². The molecule has 30 heavy (non-hydrogen) atoms. The van der Waals surface area contributed by atoms with E-state index in [-0.39, 0.29) is 0 Å². The zero-order valence-corrected chi connectivity index (χ0v) is 19.1. The van der Waals surface area contributed by atoms with Gasteiger partial charge in [0, 0.05) is 64.5 Å². The summed E-state index contributed by atoms with van der Waals surface area (Å²) in [5.74, 6) is 0.954. The van der Waals surface area contributed by atoms with Gasteiger partial charge in [0.2, 0.25) is 0 Å². The third-order valence-electron chi connectivity index (χ3n) is 6.63. The Morgan fingerprint density at radius 3 is 2.50 bits per heavy atom. The molecule has 3 aliphatic rings. The second-order valence-corrected chi connectivity index (χ2v) is 9.11. The van der Waals surface area contributed by atoms with Crippen molar-refractivity contribution in [1.29, 1.82) is 0 Å². The van der Waals surface area contributed by atoms with E-state index in [0.29, 0.717) is 11.5 Å². The first-order chi connectivity index (χ1) is 14.8. The average Bonchev–Trinajstić information content (AvgIpc) is 2.79. The summed E-state index contributed by atoms with van der Waals surface area (Å²) in [6.07, 6.45) is 10.1. The van der Waals surface area contributed by atoms with Crippen LogP contribution in [-0.4, -0.2) is 89.3 Å². The Morgan fingerprint density at radius 2 is 1.77 bits per heavy atom. The van der Waals surface area contributed by atoms with Crippen LogP contribution in [0.3, 0.4) is 0 Å². The van der Waals surface area contributed by atoms with Crippen LogP contribution in [0.4, 0.5) is 0 Å². The van der Waals surface area contributed by atoms with Gasteiger partial charge >= 0.3 is 0 Å². The van der Waals surface area contributed by atoms with E-state index in [1.807, 2.05) is 0 Å². The largest absolute Gasteiger partial charge is 0.381 e. The van der Waals surface area contributed by atoms with Crippen LogP contribution in [0.5, 0.6) is 0 Å². The molecule has 0 aromatic heterocycles. The van der Waals surface area contributed by atoms with Crippen molar-refractivity contribution in [2.75, 3.05) is 72.3 Å². The highest BCUT2D eigenvalue weighted by Crippen LogP contribution is 2.37. The summed E-state index contributed by atoms with van der Waals surface area (Å²) in [5.41, 5.74) is 0.324. The molecule has 0 bridgehead atoms. The molecule has 0 unspecified atom stereocenters. The number of nitrogens with one attached hydrogen (secondary N) is 2. The molecule has 3 fully saturated rings. The lowest BCUT2D eigenvalue weighted by molar-refractivity contribution is -0.0320. The molecule has 0 aromatic carbocycles. The van der Waals surface area contributed by atoms with Gasteiger partial charge in [-0.15, -0.1) is 0 Å². The van der Waals surface area contributed by atoms with E-state index in [1.54, 1.807) is 0 Å². The van der Waals surface area contributed by atoms with Crippen LogP contribution < -0.4 is 10.6 Å². The summed E-state index contributed by atoms with van der Waals surface area (Å²) >= 11 is 0. The number of rotatable bonds is 10. The van der Waals surface area contributed by atoms with Crippen molar-refractivity contribution in [2.45, 2.75) is 64.4 Å². The fourth-order valence-corrected chi connectivity index (χ4v) is 4.86. The lowest BCUT2D eigenvalue weighted by Crippen LogP contribution is -2.46. The lowest BCUT2D eigenvalue weighted by Gasteiger charge is -2.41. The van der Waals surface area contributed by atoms with Crippen LogP contribution in [0.25, 0.3) is 0 Å². The van der Waals surface area contributed by atoms with Crippen molar-refractivity contribution in [3.05, 3.63) is 0 Å². The molecule has 0 aromatic rings. The van der Waals surface area contributed by atoms with Crippen molar-refractivity contribution in [3.8, 4) is 0 Å². The minimum absolute atomic E-state index is 0.324. The van der Waals surface area contributed by atoms with Gasteiger partial charge < -0.3 is 24.8 Å². The summed E-state index contributed by atoms with van der Waals surface area (Å²) in [7, 11) is 0. The van der Waals surface area contributed by atoms with Crippen molar-refractivity contribution >= 4 is 5.96 Å². The molecule has 3 rings (SSSR count). The first kappa shape index (κ1) is 23.8. The van der Waals surface area contributed by atoms with Crippen molar-refractivity contribution < 1.29 is 14.2 Å². The normalized spacial score (nSPS) is 24.0. The second-order valence-electron chi connectivity index (χ2n) is 9.11. The molecule has 0 atom stereocenters. The van der Waals surface area contributed by atoms with Crippen molar-refractivity contribution in [1.82, 2.24) is 15.5 Å². The number of hydrogen-bond donors (Lipinski definition) is 2. The van der Waals surface area contributed by atoms with Gasteiger partial charge in [-0.1, -0.05) is 19.3 Å². The van der Waals surface area contributed by atoms with E-state index in [4.69, 9.17) is 19.2 Å². The first-order valence-electron chi connectivity index (χ1n) is 12.3.